The lowest BCUT2D eigenvalue weighted by Gasteiger charge is -2.06. The SMILES string of the molecule is O=C(NCSCSCN=COOCSCSCSCOC(=O)NCSCSCN=COOCCO)OCCO. The van der Waals surface area contributed by atoms with Gasteiger partial charge in [-0.1, -0.05) is 0 Å². The van der Waals surface area contributed by atoms with Gasteiger partial charge in [-0.15, -0.1) is 82.3 Å². The van der Waals surface area contributed by atoms with Crippen molar-refractivity contribution in [3.8, 4) is 0 Å². The van der Waals surface area contributed by atoms with Crippen LogP contribution < -0.4 is 10.6 Å². The summed E-state index contributed by atoms with van der Waals surface area (Å²) in [7, 11) is 0. The molecule has 0 aromatic rings. The lowest BCUT2D eigenvalue weighted by molar-refractivity contribution is -0.221. The third-order valence-corrected chi connectivity index (χ3v) is 10.2. The Morgan fingerprint density at radius 1 is 0.641 bits per heavy atom. The Hall–Kier alpha value is -0.230. The van der Waals surface area contributed by atoms with E-state index in [0.717, 1.165) is 20.3 Å². The number of aliphatic imine (C=N–C) groups is 2. The highest BCUT2D eigenvalue weighted by atomic mass is 32.2. The van der Waals surface area contributed by atoms with E-state index < -0.39 is 12.2 Å². The fourth-order valence-corrected chi connectivity index (χ4v) is 7.15. The number of amides is 2. The average Bonchev–Trinajstić information content (AvgIpc) is 2.94. The predicted molar refractivity (Wildman–Crippen MR) is 166 cm³/mol. The number of ether oxygens (including phenoxy) is 2. The molecule has 0 unspecified atom stereocenters. The van der Waals surface area contributed by atoms with Gasteiger partial charge in [0.1, 0.15) is 25.1 Å². The van der Waals surface area contributed by atoms with E-state index in [-0.39, 0.29) is 32.4 Å². The molecule has 0 heterocycles. The second-order valence-electron chi connectivity index (χ2n) is 5.76. The Morgan fingerprint density at radius 3 is 1.79 bits per heavy atom. The molecular weight excluding hydrogens is 657 g/mol. The van der Waals surface area contributed by atoms with Crippen LogP contribution in [0.2, 0.25) is 0 Å². The summed E-state index contributed by atoms with van der Waals surface area (Å²) in [6, 6.07) is 0. The van der Waals surface area contributed by atoms with Crippen LogP contribution >= 0.6 is 82.3 Å². The second-order valence-corrected chi connectivity index (χ2v) is 14.0. The molecule has 0 saturated carbocycles. The molecule has 39 heavy (non-hydrogen) atoms. The number of rotatable bonds is 28. The first kappa shape index (κ1) is 38.8. The van der Waals surface area contributed by atoms with Crippen molar-refractivity contribution in [2.24, 2.45) is 9.98 Å². The number of thioether (sulfide) groups is 7. The molecule has 0 aromatic heterocycles. The maximum Gasteiger partial charge on any atom is 0.408 e. The average molecular weight is 691 g/mol. The zero-order chi connectivity index (χ0) is 28.5. The van der Waals surface area contributed by atoms with Crippen molar-refractivity contribution in [1.29, 1.82) is 0 Å². The van der Waals surface area contributed by atoms with Crippen LogP contribution in [0.4, 0.5) is 9.59 Å². The number of hydrogen-bond donors (Lipinski definition) is 4. The van der Waals surface area contributed by atoms with E-state index >= 15 is 0 Å². The third kappa shape index (κ3) is 33.9. The number of aliphatic hydroxyl groups is 2. The summed E-state index contributed by atoms with van der Waals surface area (Å²) in [5.41, 5.74) is 0. The highest BCUT2D eigenvalue weighted by Gasteiger charge is 2.02. The fourth-order valence-electron chi connectivity index (χ4n) is 1.49. The van der Waals surface area contributed by atoms with Gasteiger partial charge in [0.2, 0.25) is 12.8 Å². The van der Waals surface area contributed by atoms with Gasteiger partial charge in [-0.2, -0.15) is 9.78 Å². The van der Waals surface area contributed by atoms with Crippen LogP contribution in [0.1, 0.15) is 0 Å². The topological polar surface area (TPSA) is 179 Å². The van der Waals surface area contributed by atoms with E-state index in [9.17, 15) is 9.59 Å². The number of aliphatic hydroxyl groups excluding tert-OH is 2. The molecule has 0 aromatic carbocycles. The molecule has 2 amide bonds. The number of nitrogens with zero attached hydrogens (tertiary/aromatic N) is 2. The fraction of sp³-hybridized carbons (Fsp3) is 0.778. The van der Waals surface area contributed by atoms with E-state index in [0.29, 0.717) is 29.4 Å². The standard InChI is InChI=1S/C18H34N4O10S7/c23-1-3-27-17(25)21-9-35-13-34-8-20-6-31-32-12-38-16-39-15-37-11-28-18(26)22-10-36-14-33-7-19-5-30-29-4-2-24/h5-6,23-24H,1-4,7-16H2,(H,21,25)(H,22,26). The Kier molecular flexibility index (Phi) is 33.8. The molecule has 0 bridgehead atoms. The first-order chi connectivity index (χ1) is 19.2. The number of alkyl carbamates (subject to hydrolysis) is 2. The van der Waals surface area contributed by atoms with E-state index in [1.165, 1.54) is 48.1 Å². The van der Waals surface area contributed by atoms with Crippen LogP contribution in [-0.2, 0) is 29.0 Å². The normalized spacial score (nSPS) is 11.1. The second kappa shape index (κ2) is 34.0. The van der Waals surface area contributed by atoms with Crippen LogP contribution in [-0.4, -0.2) is 117 Å². The molecule has 0 spiro atoms. The smallest absolute Gasteiger partial charge is 0.408 e. The maximum absolute atomic E-state index is 11.6. The highest BCUT2D eigenvalue weighted by Crippen LogP contribution is 2.18. The summed E-state index contributed by atoms with van der Waals surface area (Å²) in [6.07, 6.45) is 1.42. The van der Waals surface area contributed by atoms with Gasteiger partial charge in [-0.05, 0) is 0 Å². The quantitative estimate of drug-likeness (QED) is 0.0235. The molecule has 0 aliphatic heterocycles. The minimum Gasteiger partial charge on any atom is -0.447 e. The predicted octanol–water partition coefficient (Wildman–Crippen LogP) is 3.08. The van der Waals surface area contributed by atoms with Crippen molar-refractivity contribution in [2.75, 3.05) is 82.2 Å². The minimum absolute atomic E-state index is 0.0159. The van der Waals surface area contributed by atoms with Gasteiger partial charge in [0, 0.05) is 20.3 Å². The van der Waals surface area contributed by atoms with Crippen LogP contribution in [0.3, 0.4) is 0 Å². The molecule has 0 atom stereocenters. The molecule has 0 saturated heterocycles. The largest absolute Gasteiger partial charge is 0.447 e. The Labute approximate surface area is 257 Å². The Bertz CT molecular complexity index is 633. The van der Waals surface area contributed by atoms with Gasteiger partial charge in [0.05, 0.1) is 36.7 Å². The lowest BCUT2D eigenvalue weighted by Crippen LogP contribution is -2.24. The van der Waals surface area contributed by atoms with Gasteiger partial charge in [0.15, 0.2) is 0 Å². The van der Waals surface area contributed by atoms with Gasteiger partial charge >= 0.3 is 12.2 Å². The molecular formula is C18H34N4O10S7. The minimum atomic E-state index is -0.551. The molecule has 4 N–H and O–H groups in total. The monoisotopic (exact) mass is 690 g/mol. The maximum atomic E-state index is 11.6. The van der Waals surface area contributed by atoms with Crippen molar-refractivity contribution in [3.05, 3.63) is 0 Å². The number of hydrogen-bond acceptors (Lipinski definition) is 19. The highest BCUT2D eigenvalue weighted by molar-refractivity contribution is 8.22. The van der Waals surface area contributed by atoms with Crippen molar-refractivity contribution in [1.82, 2.24) is 10.6 Å². The lowest BCUT2D eigenvalue weighted by atomic mass is 10.8. The van der Waals surface area contributed by atoms with Crippen LogP contribution in [0.25, 0.3) is 0 Å². The van der Waals surface area contributed by atoms with Crippen LogP contribution in [0.5, 0.6) is 0 Å². The Morgan fingerprint density at radius 2 is 1.18 bits per heavy atom. The van der Waals surface area contributed by atoms with E-state index in [2.05, 4.69) is 35.1 Å². The summed E-state index contributed by atoms with van der Waals surface area (Å²) < 4.78 is 9.74. The Balaban J connectivity index is 3.26. The van der Waals surface area contributed by atoms with Gasteiger partial charge in [-0.3, -0.25) is 0 Å². The summed E-state index contributed by atoms with van der Waals surface area (Å²) >= 11 is 10.8. The molecule has 14 nitrogen and oxygen atoms in total. The molecule has 228 valence electrons. The summed E-state index contributed by atoms with van der Waals surface area (Å²) in [6.45, 7) is -0.234. The first-order valence-corrected chi connectivity index (χ1v) is 18.9. The zero-order valence-corrected chi connectivity index (χ0v) is 26.7. The summed E-state index contributed by atoms with van der Waals surface area (Å²) in [5.74, 6) is 2.48. The zero-order valence-electron chi connectivity index (χ0n) is 21.0. The first-order valence-electron chi connectivity index (χ1n) is 10.8. The molecule has 0 fully saturated rings. The van der Waals surface area contributed by atoms with E-state index in [1.54, 1.807) is 47.0 Å². The number of carbonyl (C=O) groups is 2. The molecule has 0 aliphatic rings. The van der Waals surface area contributed by atoms with E-state index in [1.807, 2.05) is 0 Å². The third-order valence-electron chi connectivity index (χ3n) is 2.91. The van der Waals surface area contributed by atoms with Crippen molar-refractivity contribution >= 4 is 107 Å². The molecule has 0 radical (unpaired) electrons. The van der Waals surface area contributed by atoms with Crippen LogP contribution in [0, 0.1) is 0 Å². The van der Waals surface area contributed by atoms with Gasteiger partial charge < -0.3 is 40.1 Å². The molecule has 0 rings (SSSR count). The summed E-state index contributed by atoms with van der Waals surface area (Å²) in [5, 5.41) is 25.3. The van der Waals surface area contributed by atoms with Gasteiger partial charge in [-0.25, -0.2) is 19.6 Å². The summed E-state index contributed by atoms with van der Waals surface area (Å²) in [4.78, 5) is 49.6. The van der Waals surface area contributed by atoms with Gasteiger partial charge in [0.25, 0.3) is 0 Å². The van der Waals surface area contributed by atoms with Crippen molar-refractivity contribution < 1.29 is 48.8 Å². The molecule has 0 aliphatic carbocycles. The number of carbonyl (C=O) groups excluding carboxylic acids is 2. The molecule has 21 heteroatoms. The van der Waals surface area contributed by atoms with E-state index in [4.69, 9.17) is 24.7 Å². The van der Waals surface area contributed by atoms with Crippen LogP contribution in [0.15, 0.2) is 9.98 Å². The van der Waals surface area contributed by atoms with Crippen molar-refractivity contribution in [3.63, 3.8) is 0 Å². The number of nitrogens with one attached hydrogen (secondary N) is 2. The van der Waals surface area contributed by atoms with Crippen molar-refractivity contribution in [2.45, 2.75) is 0 Å².